The van der Waals surface area contributed by atoms with Gasteiger partial charge in [-0.15, -0.1) is 5.10 Å². The van der Waals surface area contributed by atoms with Crippen LogP contribution in [0.1, 0.15) is 32.6 Å². The summed E-state index contributed by atoms with van der Waals surface area (Å²) in [6.07, 6.45) is 0. The van der Waals surface area contributed by atoms with Crippen LogP contribution in [0.3, 0.4) is 0 Å². The second-order valence-electron chi connectivity index (χ2n) is 6.85. The highest BCUT2D eigenvalue weighted by molar-refractivity contribution is 7.99. The van der Waals surface area contributed by atoms with Crippen molar-refractivity contribution in [2.24, 2.45) is 0 Å². The fourth-order valence-electron chi connectivity index (χ4n) is 2.79. The Balaban J connectivity index is 1.59. The zero-order chi connectivity index (χ0) is 21.0. The van der Waals surface area contributed by atoms with E-state index in [1.165, 1.54) is 11.8 Å². The van der Waals surface area contributed by atoms with Crippen molar-refractivity contribution in [1.29, 1.82) is 0 Å². The largest absolute Gasteiger partial charge is 0.457 e. The zero-order valence-electron chi connectivity index (χ0n) is 16.8. The van der Waals surface area contributed by atoms with Gasteiger partial charge in [0, 0.05) is 5.56 Å². The van der Waals surface area contributed by atoms with E-state index in [2.05, 4.69) is 15.5 Å². The highest BCUT2D eigenvalue weighted by Gasteiger charge is 2.16. The molecule has 3 aromatic rings. The Labute approximate surface area is 173 Å². The zero-order valence-corrected chi connectivity index (χ0v) is 17.6. The Hall–Kier alpha value is -3.00. The minimum absolute atomic E-state index is 0.00527. The van der Waals surface area contributed by atoms with Gasteiger partial charge in [-0.1, -0.05) is 41.6 Å². The van der Waals surface area contributed by atoms with E-state index in [0.29, 0.717) is 10.7 Å². The quantitative estimate of drug-likeness (QED) is 0.335. The number of hydrogen-bond donors (Lipinski definition) is 0. The lowest BCUT2D eigenvalue weighted by Gasteiger charge is -2.09. The maximum absolute atomic E-state index is 12.3. The minimum atomic E-state index is -0.496. The van der Waals surface area contributed by atoms with E-state index >= 15 is 0 Å². The predicted octanol–water partition coefficient (Wildman–Crippen LogP) is 3.41. The third kappa shape index (κ3) is 5.08. The molecule has 0 amide bonds. The van der Waals surface area contributed by atoms with Gasteiger partial charge >= 0.3 is 5.97 Å². The van der Waals surface area contributed by atoms with E-state index in [0.717, 1.165) is 27.9 Å². The topological polar surface area (TPSA) is 87.0 Å². The molecule has 0 aliphatic heterocycles. The lowest BCUT2D eigenvalue weighted by molar-refractivity contribution is -0.139. The molecular weight excluding hydrogens is 388 g/mol. The fraction of sp³-hybridized carbons (Fsp3) is 0.286. The van der Waals surface area contributed by atoms with Gasteiger partial charge in [0.1, 0.15) is 0 Å². The van der Waals surface area contributed by atoms with Gasteiger partial charge < -0.3 is 4.74 Å². The van der Waals surface area contributed by atoms with Crippen LogP contribution in [-0.2, 0) is 9.53 Å². The van der Waals surface area contributed by atoms with E-state index in [4.69, 9.17) is 4.74 Å². The number of thioether (sulfide) groups is 1. The maximum Gasteiger partial charge on any atom is 0.316 e. The van der Waals surface area contributed by atoms with E-state index < -0.39 is 5.97 Å². The first-order valence-electron chi connectivity index (χ1n) is 9.10. The summed E-state index contributed by atoms with van der Waals surface area (Å²) in [4.78, 5) is 24.5. The summed E-state index contributed by atoms with van der Waals surface area (Å²) in [7, 11) is 0. The number of rotatable bonds is 7. The number of carbonyl (C=O) groups excluding carboxylic acids is 2. The third-order valence-electron chi connectivity index (χ3n) is 4.41. The van der Waals surface area contributed by atoms with Crippen LogP contribution in [0, 0.1) is 27.7 Å². The number of esters is 1. The van der Waals surface area contributed by atoms with E-state index in [1.54, 1.807) is 10.7 Å². The maximum atomic E-state index is 12.3. The van der Waals surface area contributed by atoms with Gasteiger partial charge in [0.15, 0.2) is 6.61 Å². The Morgan fingerprint density at radius 3 is 2.45 bits per heavy atom. The Morgan fingerprint density at radius 2 is 1.69 bits per heavy atom. The van der Waals surface area contributed by atoms with Gasteiger partial charge in [-0.25, -0.2) is 0 Å². The summed E-state index contributed by atoms with van der Waals surface area (Å²) in [6, 6.07) is 11.6. The standard InChI is InChI=1S/C21H22N4O3S/c1-13-5-7-15(3)17(9-13)19(26)11-28-20(27)12-29-21-22-23-24-25(21)18-10-14(2)6-8-16(18)4/h5-10H,11-12H2,1-4H3. The molecule has 0 unspecified atom stereocenters. The summed E-state index contributed by atoms with van der Waals surface area (Å²) in [5.74, 6) is -0.709. The smallest absolute Gasteiger partial charge is 0.316 e. The molecule has 0 fully saturated rings. The van der Waals surface area contributed by atoms with Crippen LogP contribution in [0.2, 0.25) is 0 Å². The van der Waals surface area contributed by atoms with Crippen molar-refractivity contribution in [2.75, 3.05) is 12.4 Å². The number of tetrazole rings is 1. The SMILES string of the molecule is Cc1ccc(C)c(C(=O)COC(=O)CSc2nnnn2-c2cc(C)ccc2C)c1. The summed E-state index contributed by atoms with van der Waals surface area (Å²) < 4.78 is 6.75. The van der Waals surface area contributed by atoms with Crippen molar-refractivity contribution in [3.63, 3.8) is 0 Å². The van der Waals surface area contributed by atoms with Crippen LogP contribution in [0.4, 0.5) is 0 Å². The first-order valence-corrected chi connectivity index (χ1v) is 10.1. The van der Waals surface area contributed by atoms with Gasteiger partial charge in [-0.3, -0.25) is 9.59 Å². The number of aryl methyl sites for hydroxylation is 4. The van der Waals surface area contributed by atoms with Crippen molar-refractivity contribution in [2.45, 2.75) is 32.9 Å². The molecule has 0 atom stereocenters. The number of aromatic nitrogens is 4. The molecule has 1 aromatic heterocycles. The van der Waals surface area contributed by atoms with Crippen molar-refractivity contribution < 1.29 is 14.3 Å². The molecule has 0 radical (unpaired) electrons. The molecule has 8 heteroatoms. The van der Waals surface area contributed by atoms with Crippen LogP contribution >= 0.6 is 11.8 Å². The molecule has 0 spiro atoms. The van der Waals surface area contributed by atoms with E-state index in [-0.39, 0.29) is 18.1 Å². The molecule has 0 saturated carbocycles. The van der Waals surface area contributed by atoms with Gasteiger partial charge in [-0.05, 0) is 66.9 Å². The van der Waals surface area contributed by atoms with Gasteiger partial charge in [0.2, 0.25) is 10.9 Å². The Morgan fingerprint density at radius 1 is 1.00 bits per heavy atom. The third-order valence-corrected chi connectivity index (χ3v) is 5.30. The molecule has 2 aromatic carbocycles. The van der Waals surface area contributed by atoms with Crippen molar-refractivity contribution in [3.8, 4) is 5.69 Å². The summed E-state index contributed by atoms with van der Waals surface area (Å²) >= 11 is 1.17. The number of nitrogens with zero attached hydrogens (tertiary/aromatic N) is 4. The Bertz CT molecular complexity index is 1060. The molecule has 29 heavy (non-hydrogen) atoms. The monoisotopic (exact) mass is 410 g/mol. The van der Waals surface area contributed by atoms with Gasteiger partial charge in [0.05, 0.1) is 11.4 Å². The molecule has 0 aliphatic rings. The lowest BCUT2D eigenvalue weighted by Crippen LogP contribution is -2.16. The summed E-state index contributed by atoms with van der Waals surface area (Å²) in [5, 5.41) is 12.2. The minimum Gasteiger partial charge on any atom is -0.457 e. The highest BCUT2D eigenvalue weighted by Crippen LogP contribution is 2.21. The van der Waals surface area contributed by atoms with Crippen molar-refractivity contribution >= 4 is 23.5 Å². The van der Waals surface area contributed by atoms with Crippen molar-refractivity contribution in [1.82, 2.24) is 20.2 Å². The number of carbonyl (C=O) groups is 2. The van der Waals surface area contributed by atoms with Crippen LogP contribution < -0.4 is 0 Å². The predicted molar refractivity (Wildman–Crippen MR) is 111 cm³/mol. The van der Waals surface area contributed by atoms with E-state index in [9.17, 15) is 9.59 Å². The first kappa shape index (κ1) is 20.7. The van der Waals surface area contributed by atoms with E-state index in [1.807, 2.05) is 58.0 Å². The normalized spacial score (nSPS) is 10.8. The van der Waals surface area contributed by atoms with Gasteiger partial charge in [-0.2, -0.15) is 4.68 Å². The highest BCUT2D eigenvalue weighted by atomic mass is 32.2. The molecule has 0 N–H and O–H groups in total. The first-order chi connectivity index (χ1) is 13.8. The molecular formula is C21H22N4O3S. The average molecular weight is 410 g/mol. The lowest BCUT2D eigenvalue weighted by atomic mass is 10.0. The van der Waals surface area contributed by atoms with Crippen LogP contribution in [0.25, 0.3) is 5.69 Å². The second kappa shape index (κ2) is 9.00. The summed E-state index contributed by atoms with van der Waals surface area (Å²) in [6.45, 7) is 7.45. The fourth-order valence-corrected chi connectivity index (χ4v) is 3.47. The van der Waals surface area contributed by atoms with Crippen LogP contribution in [0.15, 0.2) is 41.6 Å². The van der Waals surface area contributed by atoms with Crippen LogP contribution in [-0.4, -0.2) is 44.3 Å². The van der Waals surface area contributed by atoms with Gasteiger partial charge in [0.25, 0.3) is 0 Å². The number of Topliss-reactive ketones (excluding diaryl/α,β-unsaturated/α-hetero) is 1. The number of ketones is 1. The summed E-state index contributed by atoms with van der Waals surface area (Å²) in [5.41, 5.74) is 5.38. The molecule has 3 rings (SSSR count). The average Bonchev–Trinajstić information content (AvgIpc) is 3.16. The molecule has 0 saturated heterocycles. The molecule has 7 nitrogen and oxygen atoms in total. The second-order valence-corrected chi connectivity index (χ2v) is 7.80. The molecule has 0 bridgehead atoms. The Kier molecular flexibility index (Phi) is 6.43. The molecule has 1 heterocycles. The number of hydrogen-bond acceptors (Lipinski definition) is 7. The van der Waals surface area contributed by atoms with Crippen molar-refractivity contribution in [3.05, 3.63) is 64.2 Å². The van der Waals surface area contributed by atoms with Crippen LogP contribution in [0.5, 0.6) is 0 Å². The molecule has 150 valence electrons. The number of ether oxygens (including phenoxy) is 1. The number of benzene rings is 2. The molecule has 0 aliphatic carbocycles.